The van der Waals surface area contributed by atoms with Gasteiger partial charge in [-0.15, -0.1) is 0 Å². The summed E-state index contributed by atoms with van der Waals surface area (Å²) in [5.41, 5.74) is 1.42. The summed E-state index contributed by atoms with van der Waals surface area (Å²) in [6.07, 6.45) is 9.83. The molecule has 7 rings (SSSR count). The fraction of sp³-hybridized carbons (Fsp3) is 0.516. The largest absolute Gasteiger partial charge is 0.461 e. The lowest BCUT2D eigenvalue weighted by molar-refractivity contribution is 0.108. The standard InChI is InChI=1S/C31H36ClFN8O3/c1-2-43-30(42)36-20-7-3-4-10-40(17-20)28-23-15-34-26(21-13-19(32)14-24-22(21)16-35-39-24)25(33)27(23)37-29(38-28)44-18-31-8-5-11-41(31)12-6-9-31/h13-16,20H,2-12,17-18H2,1H3,(H,35,39)(H,36,42). The Morgan fingerprint density at radius 2 is 1.98 bits per heavy atom. The second-order valence-corrected chi connectivity index (χ2v) is 12.4. The smallest absolute Gasteiger partial charge is 0.407 e. The van der Waals surface area contributed by atoms with E-state index in [1.54, 1.807) is 31.5 Å². The zero-order valence-corrected chi connectivity index (χ0v) is 25.5. The predicted octanol–water partition coefficient (Wildman–Crippen LogP) is 5.47. The second kappa shape index (κ2) is 12.0. The summed E-state index contributed by atoms with van der Waals surface area (Å²) < 4.78 is 28.1. The summed E-state index contributed by atoms with van der Waals surface area (Å²) in [7, 11) is 0. The minimum atomic E-state index is -0.585. The summed E-state index contributed by atoms with van der Waals surface area (Å²) in [4.78, 5) is 31.0. The lowest BCUT2D eigenvalue weighted by Gasteiger charge is -2.31. The van der Waals surface area contributed by atoms with E-state index in [1.807, 2.05) is 0 Å². The van der Waals surface area contributed by atoms with E-state index >= 15 is 4.39 Å². The van der Waals surface area contributed by atoms with Gasteiger partial charge in [0.05, 0.1) is 29.2 Å². The highest BCUT2D eigenvalue weighted by Crippen LogP contribution is 2.40. The molecule has 3 aliphatic rings. The maximum atomic E-state index is 16.6. The molecule has 2 N–H and O–H groups in total. The molecule has 1 unspecified atom stereocenters. The monoisotopic (exact) mass is 622 g/mol. The van der Waals surface area contributed by atoms with Gasteiger partial charge in [0.25, 0.3) is 0 Å². The normalized spacial score (nSPS) is 20.2. The van der Waals surface area contributed by atoms with Gasteiger partial charge in [-0.2, -0.15) is 15.1 Å². The van der Waals surface area contributed by atoms with Crippen LogP contribution < -0.4 is 15.0 Å². The van der Waals surface area contributed by atoms with Crippen molar-refractivity contribution in [2.75, 3.05) is 44.3 Å². The van der Waals surface area contributed by atoms with Crippen molar-refractivity contribution < 1.29 is 18.7 Å². The van der Waals surface area contributed by atoms with E-state index in [0.29, 0.717) is 59.0 Å². The molecule has 1 atom stereocenters. The van der Waals surface area contributed by atoms with Gasteiger partial charge in [-0.05, 0) is 77.1 Å². The van der Waals surface area contributed by atoms with Crippen LogP contribution >= 0.6 is 11.6 Å². The number of carbonyl (C=O) groups excluding carboxylic acids is 1. The second-order valence-electron chi connectivity index (χ2n) is 12.0. The number of benzene rings is 1. The predicted molar refractivity (Wildman–Crippen MR) is 166 cm³/mol. The quantitative estimate of drug-likeness (QED) is 0.276. The van der Waals surface area contributed by atoms with Crippen LogP contribution in [0.4, 0.5) is 15.0 Å². The Hall–Kier alpha value is -3.77. The highest BCUT2D eigenvalue weighted by Gasteiger charge is 2.45. The summed E-state index contributed by atoms with van der Waals surface area (Å²) >= 11 is 6.39. The maximum absolute atomic E-state index is 16.6. The summed E-state index contributed by atoms with van der Waals surface area (Å²) in [6, 6.07) is 3.40. The van der Waals surface area contributed by atoms with Gasteiger partial charge in [0, 0.05) is 41.3 Å². The van der Waals surface area contributed by atoms with E-state index in [1.165, 1.54) is 0 Å². The number of fused-ring (bicyclic) bond motifs is 3. The molecule has 232 valence electrons. The zero-order chi connectivity index (χ0) is 30.3. The van der Waals surface area contributed by atoms with Crippen LogP contribution in [0.25, 0.3) is 33.1 Å². The van der Waals surface area contributed by atoms with Gasteiger partial charge in [0.15, 0.2) is 5.82 Å². The number of nitrogens with one attached hydrogen (secondary N) is 2. The Labute approximate surface area is 259 Å². The van der Waals surface area contributed by atoms with Crippen LogP contribution in [0.5, 0.6) is 6.01 Å². The van der Waals surface area contributed by atoms with Gasteiger partial charge >= 0.3 is 12.1 Å². The number of halogens is 2. The number of pyridine rings is 1. The minimum Gasteiger partial charge on any atom is -0.461 e. The molecule has 3 fully saturated rings. The van der Waals surface area contributed by atoms with Gasteiger partial charge < -0.3 is 19.7 Å². The molecule has 0 bridgehead atoms. The number of alkyl carbamates (subject to hydrolysis) is 1. The average Bonchev–Trinajstić information content (AvgIpc) is 3.69. The molecule has 11 nitrogen and oxygen atoms in total. The van der Waals surface area contributed by atoms with Crippen LogP contribution in [0.2, 0.25) is 5.02 Å². The van der Waals surface area contributed by atoms with Crippen LogP contribution in [0.3, 0.4) is 0 Å². The van der Waals surface area contributed by atoms with E-state index in [-0.39, 0.29) is 28.8 Å². The molecule has 0 aliphatic carbocycles. The molecule has 0 spiro atoms. The highest BCUT2D eigenvalue weighted by atomic mass is 35.5. The van der Waals surface area contributed by atoms with Crippen LogP contribution in [0, 0.1) is 5.82 Å². The van der Waals surface area contributed by atoms with E-state index in [0.717, 1.165) is 58.0 Å². The molecular weight excluding hydrogens is 587 g/mol. The molecule has 44 heavy (non-hydrogen) atoms. The third-order valence-corrected chi connectivity index (χ3v) is 9.49. The third kappa shape index (κ3) is 5.38. The molecule has 1 aromatic carbocycles. The first kappa shape index (κ1) is 29.0. The summed E-state index contributed by atoms with van der Waals surface area (Å²) in [6.45, 7) is 5.83. The van der Waals surface area contributed by atoms with Crippen molar-refractivity contribution in [3.8, 4) is 17.3 Å². The lowest BCUT2D eigenvalue weighted by Crippen LogP contribution is -2.44. The number of nitrogens with zero attached hydrogens (tertiary/aromatic N) is 6. The fourth-order valence-corrected chi connectivity index (χ4v) is 7.40. The number of rotatable bonds is 7. The number of hydrogen-bond acceptors (Lipinski definition) is 9. The van der Waals surface area contributed by atoms with Crippen LogP contribution in [-0.4, -0.2) is 87.1 Å². The van der Waals surface area contributed by atoms with Crippen molar-refractivity contribution in [2.24, 2.45) is 0 Å². The Bertz CT molecular complexity index is 1690. The molecule has 0 radical (unpaired) electrons. The SMILES string of the molecule is CCOC(=O)NC1CCCCN(c2nc(OCC34CCCN3CCC4)nc3c(F)c(-c4cc(Cl)cc5[nH]ncc45)ncc23)C1. The molecule has 0 saturated carbocycles. The Morgan fingerprint density at radius 1 is 1.14 bits per heavy atom. The van der Waals surface area contributed by atoms with Crippen molar-refractivity contribution >= 4 is 45.3 Å². The summed E-state index contributed by atoms with van der Waals surface area (Å²) in [5, 5.41) is 11.6. The molecular formula is C31H36ClFN8O3. The lowest BCUT2D eigenvalue weighted by atomic mass is 9.95. The number of H-pyrrole nitrogens is 1. The molecule has 3 aromatic heterocycles. The number of aromatic amines is 1. The van der Waals surface area contributed by atoms with E-state index in [2.05, 4.69) is 35.3 Å². The van der Waals surface area contributed by atoms with Crippen molar-refractivity contribution in [2.45, 2.75) is 63.5 Å². The number of carbonyl (C=O) groups is 1. The topological polar surface area (TPSA) is 121 Å². The van der Waals surface area contributed by atoms with Crippen molar-refractivity contribution in [3.05, 3.63) is 35.4 Å². The average molecular weight is 623 g/mol. The molecule has 3 aliphatic heterocycles. The van der Waals surface area contributed by atoms with Gasteiger partial charge in [-0.25, -0.2) is 9.18 Å². The van der Waals surface area contributed by atoms with Gasteiger partial charge in [0.1, 0.15) is 23.6 Å². The number of ether oxygens (including phenoxy) is 2. The summed E-state index contributed by atoms with van der Waals surface area (Å²) in [5.74, 6) is -0.0504. The first-order chi connectivity index (χ1) is 21.4. The van der Waals surface area contributed by atoms with Crippen molar-refractivity contribution in [1.29, 1.82) is 0 Å². The van der Waals surface area contributed by atoms with Crippen LogP contribution in [-0.2, 0) is 4.74 Å². The number of aromatic nitrogens is 5. The Balaban J connectivity index is 1.30. The van der Waals surface area contributed by atoms with Crippen LogP contribution in [0.1, 0.15) is 51.9 Å². The van der Waals surface area contributed by atoms with E-state index in [4.69, 9.17) is 26.1 Å². The van der Waals surface area contributed by atoms with Gasteiger partial charge in [-0.3, -0.25) is 15.0 Å². The minimum absolute atomic E-state index is 0.0225. The first-order valence-corrected chi connectivity index (χ1v) is 15.9. The Kier molecular flexibility index (Phi) is 7.88. The number of hydrogen-bond donors (Lipinski definition) is 2. The first-order valence-electron chi connectivity index (χ1n) is 15.5. The molecule has 13 heteroatoms. The van der Waals surface area contributed by atoms with E-state index in [9.17, 15) is 4.79 Å². The van der Waals surface area contributed by atoms with E-state index < -0.39 is 11.9 Å². The maximum Gasteiger partial charge on any atom is 0.407 e. The van der Waals surface area contributed by atoms with Crippen molar-refractivity contribution in [1.82, 2.24) is 35.4 Å². The molecule has 1 amide bonds. The molecule has 4 aromatic rings. The molecule has 6 heterocycles. The highest BCUT2D eigenvalue weighted by molar-refractivity contribution is 6.31. The Morgan fingerprint density at radius 3 is 2.80 bits per heavy atom. The zero-order valence-electron chi connectivity index (χ0n) is 24.7. The number of anilines is 1. The molecule has 3 saturated heterocycles. The van der Waals surface area contributed by atoms with Gasteiger partial charge in [-0.1, -0.05) is 11.6 Å². The van der Waals surface area contributed by atoms with Crippen LogP contribution in [0.15, 0.2) is 24.5 Å². The van der Waals surface area contributed by atoms with Gasteiger partial charge in [0.2, 0.25) is 0 Å². The fourth-order valence-electron chi connectivity index (χ4n) is 7.18. The number of amides is 1. The third-order valence-electron chi connectivity index (χ3n) is 9.27. The van der Waals surface area contributed by atoms with Crippen molar-refractivity contribution in [3.63, 3.8) is 0 Å².